The molecule has 0 amide bonds. The van der Waals surface area contributed by atoms with Crippen LogP contribution in [0.4, 0.5) is 21.6 Å². The van der Waals surface area contributed by atoms with Gasteiger partial charge in [-0.15, -0.1) is 0 Å². The molecule has 0 spiro atoms. The van der Waals surface area contributed by atoms with E-state index in [2.05, 4.69) is 10.3 Å². The minimum absolute atomic E-state index is 0.0654. The third-order valence-electron chi connectivity index (χ3n) is 3.39. The summed E-state index contributed by atoms with van der Waals surface area (Å²) in [6, 6.07) is 10.2. The number of fused-ring (bicyclic) bond motifs is 1. The number of aromatic nitrogens is 1. The summed E-state index contributed by atoms with van der Waals surface area (Å²) in [6.45, 7) is 1.96. The molecule has 3 aromatic rings. The fraction of sp³-hybridized carbons (Fsp3) is 0.0625. The molecule has 5 heteroatoms. The van der Waals surface area contributed by atoms with Crippen molar-refractivity contribution in [3.05, 3.63) is 59.0 Å². The Morgan fingerprint density at radius 2 is 1.95 bits per heavy atom. The molecule has 0 aliphatic rings. The van der Waals surface area contributed by atoms with Crippen LogP contribution in [0.1, 0.15) is 5.56 Å². The molecule has 21 heavy (non-hydrogen) atoms. The Balaban J connectivity index is 2.08. The molecule has 3 rings (SSSR count). The van der Waals surface area contributed by atoms with Crippen molar-refractivity contribution in [2.75, 3.05) is 11.1 Å². The number of nitrogens with two attached hydrogens (primary N) is 1. The van der Waals surface area contributed by atoms with Gasteiger partial charge in [-0.3, -0.25) is 0 Å². The zero-order valence-corrected chi connectivity index (χ0v) is 12.1. The Morgan fingerprint density at radius 3 is 2.71 bits per heavy atom. The first-order valence-electron chi connectivity index (χ1n) is 6.42. The predicted octanol–water partition coefficient (Wildman–Crippen LogP) is 4.66. The first-order chi connectivity index (χ1) is 10.1. The molecule has 2 aromatic carbocycles. The van der Waals surface area contributed by atoms with Crippen LogP contribution in [0.2, 0.25) is 5.02 Å². The SMILES string of the molecule is Cc1ccc2c(Nc3ccc(F)c(Cl)c3)nccc2c1N. The van der Waals surface area contributed by atoms with Gasteiger partial charge in [0.15, 0.2) is 0 Å². The summed E-state index contributed by atoms with van der Waals surface area (Å²) in [5.41, 5.74) is 8.52. The van der Waals surface area contributed by atoms with Gasteiger partial charge < -0.3 is 11.1 Å². The molecule has 0 aliphatic carbocycles. The highest BCUT2D eigenvalue weighted by Crippen LogP contribution is 2.30. The number of halogens is 2. The molecule has 3 nitrogen and oxygen atoms in total. The Hall–Kier alpha value is -2.33. The number of nitrogens with zero attached hydrogens (tertiary/aromatic N) is 1. The fourth-order valence-corrected chi connectivity index (χ4v) is 2.38. The van der Waals surface area contributed by atoms with Crippen molar-refractivity contribution in [2.45, 2.75) is 6.92 Å². The summed E-state index contributed by atoms with van der Waals surface area (Å²) < 4.78 is 13.2. The third kappa shape index (κ3) is 2.50. The van der Waals surface area contributed by atoms with Crippen molar-refractivity contribution in [1.82, 2.24) is 4.98 Å². The Morgan fingerprint density at radius 1 is 1.14 bits per heavy atom. The normalized spacial score (nSPS) is 10.8. The Kier molecular flexibility index (Phi) is 3.39. The quantitative estimate of drug-likeness (QED) is 0.677. The van der Waals surface area contributed by atoms with E-state index in [9.17, 15) is 4.39 Å². The Bertz CT molecular complexity index is 833. The number of aryl methyl sites for hydroxylation is 1. The van der Waals surface area contributed by atoms with Crippen molar-refractivity contribution < 1.29 is 4.39 Å². The molecule has 0 saturated heterocycles. The van der Waals surface area contributed by atoms with Crippen LogP contribution in [-0.4, -0.2) is 4.98 Å². The summed E-state index contributed by atoms with van der Waals surface area (Å²) in [5.74, 6) is 0.204. The second-order valence-corrected chi connectivity index (χ2v) is 5.21. The van der Waals surface area contributed by atoms with E-state index in [-0.39, 0.29) is 5.02 Å². The lowest BCUT2D eigenvalue weighted by molar-refractivity contribution is 0.628. The molecule has 106 valence electrons. The van der Waals surface area contributed by atoms with E-state index in [1.54, 1.807) is 12.3 Å². The van der Waals surface area contributed by atoms with Crippen LogP contribution in [0.5, 0.6) is 0 Å². The number of nitrogens with one attached hydrogen (secondary N) is 1. The molecule has 1 aromatic heterocycles. The van der Waals surface area contributed by atoms with Gasteiger partial charge in [0.1, 0.15) is 11.6 Å². The second kappa shape index (κ2) is 5.22. The third-order valence-corrected chi connectivity index (χ3v) is 3.68. The van der Waals surface area contributed by atoms with Crippen LogP contribution < -0.4 is 11.1 Å². The van der Waals surface area contributed by atoms with Gasteiger partial charge in [-0.1, -0.05) is 23.7 Å². The van der Waals surface area contributed by atoms with Gasteiger partial charge in [0, 0.05) is 28.3 Å². The molecule has 0 unspecified atom stereocenters. The number of pyridine rings is 1. The zero-order valence-electron chi connectivity index (χ0n) is 11.3. The molecule has 0 bridgehead atoms. The standard InChI is InChI=1S/C16H13ClFN3/c1-9-2-4-12-11(15(9)19)6-7-20-16(12)21-10-3-5-14(18)13(17)8-10/h2-8H,19H2,1H3,(H,20,21). The predicted molar refractivity (Wildman–Crippen MR) is 85.6 cm³/mol. The topological polar surface area (TPSA) is 50.9 Å². The van der Waals surface area contributed by atoms with Gasteiger partial charge in [-0.25, -0.2) is 9.37 Å². The van der Waals surface area contributed by atoms with Crippen molar-refractivity contribution in [3.8, 4) is 0 Å². The number of hydrogen-bond acceptors (Lipinski definition) is 3. The van der Waals surface area contributed by atoms with E-state index < -0.39 is 5.82 Å². The minimum atomic E-state index is -0.451. The molecule has 0 fully saturated rings. The second-order valence-electron chi connectivity index (χ2n) is 4.80. The fourth-order valence-electron chi connectivity index (χ4n) is 2.20. The maximum Gasteiger partial charge on any atom is 0.141 e. The van der Waals surface area contributed by atoms with E-state index >= 15 is 0 Å². The summed E-state index contributed by atoms with van der Waals surface area (Å²) in [4.78, 5) is 4.32. The van der Waals surface area contributed by atoms with Crippen LogP contribution in [-0.2, 0) is 0 Å². The molecule has 0 radical (unpaired) electrons. The highest BCUT2D eigenvalue weighted by Gasteiger charge is 2.08. The van der Waals surface area contributed by atoms with Gasteiger partial charge in [-0.05, 0) is 36.8 Å². The van der Waals surface area contributed by atoms with Crippen LogP contribution in [0.25, 0.3) is 10.8 Å². The first kappa shape index (κ1) is 13.6. The van der Waals surface area contributed by atoms with Gasteiger partial charge >= 0.3 is 0 Å². The molecular formula is C16H13ClFN3. The summed E-state index contributed by atoms with van der Waals surface area (Å²) in [6.07, 6.45) is 1.69. The van der Waals surface area contributed by atoms with E-state index in [0.717, 1.165) is 22.0 Å². The van der Waals surface area contributed by atoms with Gasteiger partial charge in [0.25, 0.3) is 0 Å². The van der Waals surface area contributed by atoms with E-state index in [0.29, 0.717) is 11.5 Å². The number of benzene rings is 2. The number of anilines is 3. The average molecular weight is 302 g/mol. The van der Waals surface area contributed by atoms with E-state index in [1.165, 1.54) is 12.1 Å². The number of nitrogen functional groups attached to an aromatic ring is 1. The zero-order chi connectivity index (χ0) is 15.0. The molecular weight excluding hydrogens is 289 g/mol. The summed E-state index contributed by atoms with van der Waals surface area (Å²) in [7, 11) is 0. The van der Waals surface area contributed by atoms with Crippen molar-refractivity contribution in [3.63, 3.8) is 0 Å². The molecule has 3 N–H and O–H groups in total. The maximum atomic E-state index is 13.2. The molecule has 1 heterocycles. The summed E-state index contributed by atoms with van der Waals surface area (Å²) in [5, 5.41) is 5.04. The molecule has 0 aliphatic heterocycles. The van der Waals surface area contributed by atoms with E-state index in [4.69, 9.17) is 17.3 Å². The highest BCUT2D eigenvalue weighted by molar-refractivity contribution is 6.31. The lowest BCUT2D eigenvalue weighted by Crippen LogP contribution is -1.97. The smallest absolute Gasteiger partial charge is 0.141 e. The largest absolute Gasteiger partial charge is 0.398 e. The minimum Gasteiger partial charge on any atom is -0.398 e. The highest BCUT2D eigenvalue weighted by atomic mass is 35.5. The first-order valence-corrected chi connectivity index (χ1v) is 6.80. The monoisotopic (exact) mass is 301 g/mol. The van der Waals surface area contributed by atoms with Gasteiger partial charge in [0.2, 0.25) is 0 Å². The average Bonchev–Trinajstić information content (AvgIpc) is 2.47. The van der Waals surface area contributed by atoms with Crippen molar-refractivity contribution in [2.24, 2.45) is 0 Å². The van der Waals surface area contributed by atoms with Crippen LogP contribution in [0.15, 0.2) is 42.6 Å². The van der Waals surface area contributed by atoms with Crippen LogP contribution in [0.3, 0.4) is 0 Å². The van der Waals surface area contributed by atoms with Gasteiger partial charge in [-0.2, -0.15) is 0 Å². The van der Waals surface area contributed by atoms with Gasteiger partial charge in [0.05, 0.1) is 5.02 Å². The molecule has 0 atom stereocenters. The van der Waals surface area contributed by atoms with E-state index in [1.807, 2.05) is 25.1 Å². The number of hydrogen-bond donors (Lipinski definition) is 2. The summed E-state index contributed by atoms with van der Waals surface area (Å²) >= 11 is 5.79. The lowest BCUT2D eigenvalue weighted by Gasteiger charge is -2.11. The van der Waals surface area contributed by atoms with Crippen molar-refractivity contribution >= 4 is 39.6 Å². The van der Waals surface area contributed by atoms with Crippen molar-refractivity contribution in [1.29, 1.82) is 0 Å². The Labute approximate surface area is 126 Å². The number of rotatable bonds is 2. The van der Waals surface area contributed by atoms with Crippen LogP contribution in [0, 0.1) is 12.7 Å². The maximum absolute atomic E-state index is 13.2. The van der Waals surface area contributed by atoms with Crippen LogP contribution >= 0.6 is 11.6 Å². The molecule has 0 saturated carbocycles. The lowest BCUT2D eigenvalue weighted by atomic mass is 10.1.